The average molecular weight is 319 g/mol. The second kappa shape index (κ2) is 7.27. The van der Waals surface area contributed by atoms with Crippen molar-refractivity contribution in [3.05, 3.63) is 23.8 Å². The van der Waals surface area contributed by atoms with Gasteiger partial charge in [0.1, 0.15) is 0 Å². The van der Waals surface area contributed by atoms with Crippen LogP contribution in [0, 0.1) is 5.92 Å². The molecule has 23 heavy (non-hydrogen) atoms. The molecule has 0 atom stereocenters. The van der Waals surface area contributed by atoms with Gasteiger partial charge in [-0.05, 0) is 39.5 Å². The first-order valence-electron chi connectivity index (χ1n) is 8.81. The lowest BCUT2D eigenvalue weighted by Gasteiger charge is -2.39. The summed E-state index contributed by atoms with van der Waals surface area (Å²) in [5.74, 6) is 0.800. The Kier molecular flexibility index (Phi) is 5.79. The molecule has 4 heteroatoms. The largest absolute Gasteiger partial charge is 0.375 e. The van der Waals surface area contributed by atoms with E-state index >= 15 is 0 Å². The number of ether oxygens (including phenoxy) is 1. The summed E-state index contributed by atoms with van der Waals surface area (Å²) < 4.78 is 5.78. The van der Waals surface area contributed by atoms with Crippen LogP contribution in [0.2, 0.25) is 0 Å². The summed E-state index contributed by atoms with van der Waals surface area (Å²) in [6.07, 6.45) is 6.13. The quantitative estimate of drug-likeness (QED) is 0.805. The highest BCUT2D eigenvalue weighted by Gasteiger charge is 2.26. The Balaban J connectivity index is 1.63. The van der Waals surface area contributed by atoms with E-state index in [0.717, 1.165) is 36.9 Å². The molecule has 130 valence electrons. The van der Waals surface area contributed by atoms with Gasteiger partial charge in [0, 0.05) is 37.4 Å². The maximum absolute atomic E-state index is 5.78. The van der Waals surface area contributed by atoms with Gasteiger partial charge in [-0.15, -0.1) is 0 Å². The van der Waals surface area contributed by atoms with Crippen molar-refractivity contribution in [3.63, 3.8) is 0 Å². The monoisotopic (exact) mass is 319 g/mol. The summed E-state index contributed by atoms with van der Waals surface area (Å²) in [7, 11) is 0. The number of rotatable bonds is 6. The van der Waals surface area contributed by atoms with Crippen LogP contribution in [0.3, 0.4) is 0 Å². The van der Waals surface area contributed by atoms with E-state index < -0.39 is 0 Å². The summed E-state index contributed by atoms with van der Waals surface area (Å²) in [5.41, 5.74) is 2.24. The van der Waals surface area contributed by atoms with Crippen LogP contribution < -0.4 is 0 Å². The van der Waals surface area contributed by atoms with Crippen LogP contribution in [-0.4, -0.2) is 46.7 Å². The van der Waals surface area contributed by atoms with Crippen molar-refractivity contribution in [2.24, 2.45) is 5.92 Å². The molecule has 1 saturated heterocycles. The molecule has 0 N–H and O–H groups in total. The topological polar surface area (TPSA) is 38.2 Å². The lowest BCUT2D eigenvalue weighted by molar-refractivity contribution is -0.0282. The molecule has 1 aliphatic rings. The normalized spacial score (nSPS) is 17.3. The predicted molar refractivity (Wildman–Crippen MR) is 94.7 cm³/mol. The van der Waals surface area contributed by atoms with E-state index in [1.807, 2.05) is 12.4 Å². The molecule has 1 fully saturated rings. The van der Waals surface area contributed by atoms with Crippen molar-refractivity contribution >= 4 is 0 Å². The molecule has 2 rings (SSSR count). The highest BCUT2D eigenvalue weighted by molar-refractivity contribution is 5.11. The molecule has 0 aromatic carbocycles. The summed E-state index contributed by atoms with van der Waals surface area (Å²) in [6.45, 7) is 17.1. The molecule has 1 aromatic heterocycles. The third-order valence-electron chi connectivity index (χ3n) is 4.26. The van der Waals surface area contributed by atoms with E-state index in [0.29, 0.717) is 0 Å². The molecule has 0 radical (unpaired) electrons. The first kappa shape index (κ1) is 18.3. The zero-order chi connectivity index (χ0) is 17.1. The van der Waals surface area contributed by atoms with Crippen LogP contribution in [-0.2, 0) is 16.6 Å². The molecule has 2 heterocycles. The average Bonchev–Trinajstić information content (AvgIpc) is 2.38. The fraction of sp³-hybridized carbons (Fsp3) is 0.789. The molecule has 0 unspecified atom stereocenters. The number of hydrogen-bond donors (Lipinski definition) is 0. The molecular formula is C19H33N3O. The fourth-order valence-corrected chi connectivity index (χ4v) is 2.75. The fourth-order valence-electron chi connectivity index (χ4n) is 2.75. The van der Waals surface area contributed by atoms with Crippen molar-refractivity contribution in [1.29, 1.82) is 0 Å². The van der Waals surface area contributed by atoms with E-state index in [4.69, 9.17) is 4.74 Å². The van der Waals surface area contributed by atoms with Crippen molar-refractivity contribution < 1.29 is 4.74 Å². The van der Waals surface area contributed by atoms with Crippen molar-refractivity contribution in [1.82, 2.24) is 14.9 Å². The van der Waals surface area contributed by atoms with Gasteiger partial charge >= 0.3 is 0 Å². The molecule has 4 nitrogen and oxygen atoms in total. The molecule has 1 aliphatic heterocycles. The summed E-state index contributed by atoms with van der Waals surface area (Å²) >= 11 is 0. The smallest absolute Gasteiger partial charge is 0.0640 e. The second-order valence-electron chi connectivity index (χ2n) is 8.77. The Bertz CT molecular complexity index is 479. The minimum Gasteiger partial charge on any atom is -0.375 e. The van der Waals surface area contributed by atoms with Crippen molar-refractivity contribution in [2.45, 2.75) is 65.4 Å². The van der Waals surface area contributed by atoms with E-state index in [2.05, 4.69) is 56.4 Å². The second-order valence-corrected chi connectivity index (χ2v) is 8.77. The van der Waals surface area contributed by atoms with E-state index in [9.17, 15) is 0 Å². The van der Waals surface area contributed by atoms with Crippen LogP contribution in [0.5, 0.6) is 0 Å². The molecule has 0 saturated carbocycles. The van der Waals surface area contributed by atoms with Crippen LogP contribution in [0.15, 0.2) is 12.4 Å². The number of aromatic nitrogens is 2. The molecule has 1 aromatic rings. The summed E-state index contributed by atoms with van der Waals surface area (Å²) in [5, 5.41) is 0. The molecule has 0 spiro atoms. The van der Waals surface area contributed by atoms with E-state index in [-0.39, 0.29) is 11.0 Å². The Morgan fingerprint density at radius 3 is 2.30 bits per heavy atom. The van der Waals surface area contributed by atoms with E-state index in [1.54, 1.807) is 0 Å². The van der Waals surface area contributed by atoms with Crippen molar-refractivity contribution in [2.75, 3.05) is 26.2 Å². The number of likely N-dealkylation sites (tertiary alicyclic amines) is 1. The minimum absolute atomic E-state index is 0.0256. The van der Waals surface area contributed by atoms with Crippen molar-refractivity contribution in [3.8, 4) is 0 Å². The predicted octanol–water partition coefficient (Wildman–Crippen LogP) is 3.45. The molecule has 0 amide bonds. The van der Waals surface area contributed by atoms with Crippen LogP contribution in [0.4, 0.5) is 0 Å². The van der Waals surface area contributed by atoms with Gasteiger partial charge in [0.25, 0.3) is 0 Å². The highest BCUT2D eigenvalue weighted by atomic mass is 16.5. The maximum atomic E-state index is 5.78. The zero-order valence-electron chi connectivity index (χ0n) is 15.7. The number of hydrogen-bond acceptors (Lipinski definition) is 4. The third-order valence-corrected chi connectivity index (χ3v) is 4.26. The van der Waals surface area contributed by atoms with Gasteiger partial charge in [0.15, 0.2) is 0 Å². The zero-order valence-corrected chi connectivity index (χ0v) is 15.7. The van der Waals surface area contributed by atoms with Crippen LogP contribution >= 0.6 is 0 Å². The first-order chi connectivity index (χ1) is 10.6. The van der Waals surface area contributed by atoms with Gasteiger partial charge in [-0.3, -0.25) is 9.97 Å². The maximum Gasteiger partial charge on any atom is 0.0640 e. The number of nitrogens with zero attached hydrogens (tertiary/aromatic N) is 3. The standard InChI is InChI=1S/C19H33N3O/c1-18(2,3)17-12-20-16(11-21-17)8-7-15-13-22(14-15)9-10-23-19(4,5)6/h11-12,15H,7-10,13-14H2,1-6H3. The first-order valence-corrected chi connectivity index (χ1v) is 8.81. The number of aryl methyl sites for hydroxylation is 1. The summed E-state index contributed by atoms with van der Waals surface area (Å²) in [4.78, 5) is 11.6. The van der Waals surface area contributed by atoms with Gasteiger partial charge in [-0.1, -0.05) is 20.8 Å². The van der Waals surface area contributed by atoms with Crippen LogP contribution in [0.1, 0.15) is 59.4 Å². The van der Waals surface area contributed by atoms with Gasteiger partial charge in [-0.2, -0.15) is 0 Å². The minimum atomic E-state index is -0.0256. The lowest BCUT2D eigenvalue weighted by Crippen LogP contribution is -2.48. The van der Waals surface area contributed by atoms with Gasteiger partial charge in [-0.25, -0.2) is 0 Å². The third kappa shape index (κ3) is 6.19. The van der Waals surface area contributed by atoms with Crippen LogP contribution in [0.25, 0.3) is 0 Å². The molecular weight excluding hydrogens is 286 g/mol. The van der Waals surface area contributed by atoms with E-state index in [1.165, 1.54) is 19.5 Å². The Morgan fingerprint density at radius 1 is 1.09 bits per heavy atom. The molecule has 0 aliphatic carbocycles. The Morgan fingerprint density at radius 2 is 1.78 bits per heavy atom. The van der Waals surface area contributed by atoms with Gasteiger partial charge in [0.05, 0.1) is 23.6 Å². The highest BCUT2D eigenvalue weighted by Crippen LogP contribution is 2.22. The SMILES string of the molecule is CC(C)(C)OCCN1CC(CCc2cnc(C(C)(C)C)cn2)C1. The summed E-state index contributed by atoms with van der Waals surface area (Å²) in [6, 6.07) is 0. The van der Waals surface area contributed by atoms with Gasteiger partial charge < -0.3 is 9.64 Å². The lowest BCUT2D eigenvalue weighted by atomic mass is 9.92. The van der Waals surface area contributed by atoms with Gasteiger partial charge in [0.2, 0.25) is 0 Å². The molecule has 0 bridgehead atoms. The Hall–Kier alpha value is -1.00. The Labute approximate surface area is 141 Å².